The fourth-order valence-electron chi connectivity index (χ4n) is 0.642. The monoisotopic (exact) mass is 242 g/mol. The van der Waals surface area contributed by atoms with Gasteiger partial charge >= 0.3 is 21.7 Å². The summed E-state index contributed by atoms with van der Waals surface area (Å²) < 4.78 is 0. The summed E-state index contributed by atoms with van der Waals surface area (Å²) in [7, 11) is 2.00. The molecule has 0 aliphatic carbocycles. The Kier molecular flexibility index (Phi) is 30.8. The smallest absolute Gasteiger partial charge is 0.400 e. The van der Waals surface area contributed by atoms with Gasteiger partial charge in [-0.05, 0) is 0 Å². The van der Waals surface area contributed by atoms with E-state index in [1.54, 1.807) is 0 Å². The fourth-order valence-corrected chi connectivity index (χ4v) is 0.642. The zero-order valence-corrected chi connectivity index (χ0v) is 10.7. The molecule has 0 fully saturated rings. The van der Waals surface area contributed by atoms with Crippen LogP contribution in [0.25, 0.3) is 0 Å². The molecule has 0 atom stereocenters. The van der Waals surface area contributed by atoms with Crippen molar-refractivity contribution in [1.82, 2.24) is 0 Å². The molecule has 2 N–H and O–H groups in total. The van der Waals surface area contributed by atoms with Gasteiger partial charge in [0.05, 0.1) is 0 Å². The van der Waals surface area contributed by atoms with Gasteiger partial charge in [0.25, 0.3) is 0 Å². The van der Waals surface area contributed by atoms with Gasteiger partial charge in [0.15, 0.2) is 0 Å². The maximum atomic E-state index is 7.00. The Morgan fingerprint density at radius 3 is 0.867 bits per heavy atom. The largest absolute Gasteiger partial charge is 2.00 e. The third-order valence-electron chi connectivity index (χ3n) is 1.11. The van der Waals surface area contributed by atoms with E-state index in [0.717, 1.165) is 14.2 Å². The van der Waals surface area contributed by atoms with E-state index in [1.165, 1.54) is 0 Å². The van der Waals surface area contributed by atoms with Crippen molar-refractivity contribution in [3.05, 3.63) is 60.7 Å². The van der Waals surface area contributed by atoms with Crippen LogP contribution in [0, 0.1) is 0 Å². The van der Waals surface area contributed by atoms with Crippen LogP contribution in [-0.4, -0.2) is 24.4 Å². The van der Waals surface area contributed by atoms with Crippen molar-refractivity contribution in [2.75, 3.05) is 14.2 Å². The number of aliphatic hydroxyl groups excluding tert-OH is 2. The third kappa shape index (κ3) is 19.7. The zero-order valence-electron chi connectivity index (χ0n) is 9.17. The van der Waals surface area contributed by atoms with Crippen molar-refractivity contribution in [2.24, 2.45) is 0 Å². The van der Waals surface area contributed by atoms with Crippen molar-refractivity contribution in [1.29, 1.82) is 0 Å². The maximum absolute atomic E-state index is 7.00. The van der Waals surface area contributed by atoms with Crippen LogP contribution in [0.3, 0.4) is 0 Å². The topological polar surface area (TPSA) is 40.5 Å². The average molecular weight is 242 g/mol. The van der Waals surface area contributed by atoms with Gasteiger partial charge in [-0.3, -0.25) is 0 Å². The molecule has 0 aromatic heterocycles. The molecule has 2 aromatic rings. The molecule has 82 valence electrons. The molecule has 0 heterocycles. The summed E-state index contributed by atoms with van der Waals surface area (Å²) in [6.07, 6.45) is 0. The normalized spacial score (nSPS) is 6.13. The first-order chi connectivity index (χ1) is 7.00. The van der Waals surface area contributed by atoms with Crippen molar-refractivity contribution < 1.29 is 31.9 Å². The molecule has 0 saturated carbocycles. The molecule has 15 heavy (non-hydrogen) atoms. The standard InChI is InChI=1S/2C5H5.2CH4O.Ti/c2*1-2-4-5-3-1;2*1-2;/h2*1-5H;2*2H,1H3;/q2*-1;;;+2. The molecule has 0 aliphatic rings. The van der Waals surface area contributed by atoms with Crippen LogP contribution < -0.4 is 0 Å². The summed E-state index contributed by atoms with van der Waals surface area (Å²) in [4.78, 5) is 0. The van der Waals surface area contributed by atoms with Crippen LogP contribution in [0.4, 0.5) is 0 Å². The fraction of sp³-hybridized carbons (Fsp3) is 0.167. The first-order valence-electron chi connectivity index (χ1n) is 4.23. The second-order valence-corrected chi connectivity index (χ2v) is 1.92. The van der Waals surface area contributed by atoms with Crippen LogP contribution >= 0.6 is 0 Å². The van der Waals surface area contributed by atoms with E-state index in [1.807, 2.05) is 60.7 Å². The minimum atomic E-state index is 0. The van der Waals surface area contributed by atoms with E-state index >= 15 is 0 Å². The molecule has 0 radical (unpaired) electrons. The van der Waals surface area contributed by atoms with Gasteiger partial charge in [-0.15, -0.1) is 0 Å². The van der Waals surface area contributed by atoms with Crippen molar-refractivity contribution in [3.63, 3.8) is 0 Å². The van der Waals surface area contributed by atoms with Crippen LogP contribution in [0.1, 0.15) is 0 Å². The molecule has 0 spiro atoms. The van der Waals surface area contributed by atoms with Gasteiger partial charge in [-0.25, -0.2) is 24.3 Å². The predicted octanol–water partition coefficient (Wildman–Crippen LogP) is 2.03. The maximum Gasteiger partial charge on any atom is 2.00 e. The molecule has 0 bridgehead atoms. The van der Waals surface area contributed by atoms with Gasteiger partial charge < -0.3 is 10.2 Å². The molecule has 3 heteroatoms. The quantitative estimate of drug-likeness (QED) is 0.548. The molecule has 0 amide bonds. The van der Waals surface area contributed by atoms with Crippen molar-refractivity contribution >= 4 is 0 Å². The minimum Gasteiger partial charge on any atom is -0.400 e. The van der Waals surface area contributed by atoms with E-state index in [0.29, 0.717) is 0 Å². The van der Waals surface area contributed by atoms with E-state index < -0.39 is 0 Å². The summed E-state index contributed by atoms with van der Waals surface area (Å²) in [5, 5.41) is 14.0. The Bertz CT molecular complexity index is 153. The summed E-state index contributed by atoms with van der Waals surface area (Å²) in [6.45, 7) is 0. The summed E-state index contributed by atoms with van der Waals surface area (Å²) in [5.74, 6) is 0. The van der Waals surface area contributed by atoms with Gasteiger partial charge in [0.2, 0.25) is 0 Å². The number of hydrogen-bond donors (Lipinski definition) is 2. The minimum absolute atomic E-state index is 0. The molecular formula is C12H18O2Ti. The Labute approximate surface area is 107 Å². The zero-order chi connectivity index (χ0) is 11.1. The van der Waals surface area contributed by atoms with E-state index in [-0.39, 0.29) is 21.7 Å². The Morgan fingerprint density at radius 2 is 0.800 bits per heavy atom. The van der Waals surface area contributed by atoms with Gasteiger partial charge in [-0.2, -0.15) is 36.4 Å². The van der Waals surface area contributed by atoms with Gasteiger partial charge in [0, 0.05) is 14.2 Å². The predicted molar refractivity (Wildman–Crippen MR) is 60.4 cm³/mol. The molecular weight excluding hydrogens is 224 g/mol. The molecule has 2 aromatic carbocycles. The van der Waals surface area contributed by atoms with Crippen molar-refractivity contribution in [3.8, 4) is 0 Å². The molecule has 0 aliphatic heterocycles. The molecule has 2 nitrogen and oxygen atoms in total. The van der Waals surface area contributed by atoms with Crippen LogP contribution in [-0.2, 0) is 21.7 Å². The third-order valence-corrected chi connectivity index (χ3v) is 1.11. The summed E-state index contributed by atoms with van der Waals surface area (Å²) >= 11 is 0. The molecule has 0 unspecified atom stereocenters. The van der Waals surface area contributed by atoms with E-state index in [2.05, 4.69) is 0 Å². The van der Waals surface area contributed by atoms with Crippen LogP contribution in [0.5, 0.6) is 0 Å². The first kappa shape index (κ1) is 19.8. The molecule has 0 saturated heterocycles. The second-order valence-electron chi connectivity index (χ2n) is 1.92. The van der Waals surface area contributed by atoms with Crippen LogP contribution in [0.2, 0.25) is 0 Å². The van der Waals surface area contributed by atoms with Crippen molar-refractivity contribution in [2.45, 2.75) is 0 Å². The summed E-state index contributed by atoms with van der Waals surface area (Å²) in [5.41, 5.74) is 0. The van der Waals surface area contributed by atoms with Gasteiger partial charge in [0.1, 0.15) is 0 Å². The van der Waals surface area contributed by atoms with Gasteiger partial charge in [-0.1, -0.05) is 0 Å². The summed E-state index contributed by atoms with van der Waals surface area (Å²) in [6, 6.07) is 20.0. The number of hydrogen-bond acceptors (Lipinski definition) is 2. The first-order valence-corrected chi connectivity index (χ1v) is 4.23. The Balaban J connectivity index is -0.000000138. The second kappa shape index (κ2) is 23.3. The number of aliphatic hydroxyl groups is 2. The Hall–Kier alpha value is -0.666. The van der Waals surface area contributed by atoms with E-state index in [9.17, 15) is 0 Å². The molecule has 2 rings (SSSR count). The number of rotatable bonds is 0. The SMILES string of the molecule is CO.CO.[Ti+2].c1cc[cH-]c1.c1cc[cH-]c1. The average Bonchev–Trinajstić information content (AvgIpc) is 3.01. The van der Waals surface area contributed by atoms with Crippen LogP contribution in [0.15, 0.2) is 60.7 Å². The van der Waals surface area contributed by atoms with E-state index in [4.69, 9.17) is 10.2 Å². The Morgan fingerprint density at radius 1 is 0.600 bits per heavy atom.